The van der Waals surface area contributed by atoms with E-state index in [2.05, 4.69) is 95.8 Å². The molecular weight excluding hydrogens is 1860 g/mol. The Balaban J connectivity index is 0.000000143. The minimum absolute atomic E-state index is 0.170. The average molecular weight is 1990 g/mol. The molecule has 29 heteroatoms. The number of carbonyl (C=O) groups excluding carboxylic acids is 5. The fourth-order valence-corrected chi connectivity index (χ4v) is 22.7. The van der Waals surface area contributed by atoms with Gasteiger partial charge in [-0.3, -0.25) is 28.9 Å². The number of alkyl halides is 4. The first-order valence-corrected chi connectivity index (χ1v) is 53.0. The highest BCUT2D eigenvalue weighted by atomic mass is 79.9. The van der Waals surface area contributed by atoms with Crippen LogP contribution in [0.15, 0.2) is 121 Å². The predicted molar refractivity (Wildman–Crippen MR) is 535 cm³/mol. The topological polar surface area (TPSA) is 259 Å². The Labute approximate surface area is 812 Å². The van der Waals surface area contributed by atoms with Crippen molar-refractivity contribution in [3.63, 3.8) is 0 Å². The number of thiocarbonyl (C=S) groups is 1. The smallest absolute Gasteiger partial charge is 0.211 e. The van der Waals surface area contributed by atoms with E-state index in [1.807, 2.05) is 96.3 Å². The Morgan fingerprint density at radius 2 is 0.754 bits per heavy atom. The van der Waals surface area contributed by atoms with Crippen LogP contribution in [0.3, 0.4) is 0 Å². The lowest BCUT2D eigenvalue weighted by atomic mass is 9.94. The predicted octanol–water partition coefficient (Wildman–Crippen LogP) is 23.0. The number of Topliss-reactive ketones (excluding diaryl/α,β-unsaturated/α-hetero) is 5. The second kappa shape index (κ2) is 53.9. The van der Waals surface area contributed by atoms with E-state index in [1.165, 1.54) is 121 Å². The zero-order valence-corrected chi connectivity index (χ0v) is 83.0. The quantitative estimate of drug-likeness (QED) is 0.0178. The van der Waals surface area contributed by atoms with Crippen LogP contribution in [0.5, 0.6) is 28.7 Å². The number of likely N-dealkylation sites (tertiary alicyclic amines) is 3. The van der Waals surface area contributed by atoms with Gasteiger partial charge in [-0.1, -0.05) is 34.6 Å². The first-order valence-electron chi connectivity index (χ1n) is 46.8. The van der Waals surface area contributed by atoms with E-state index in [4.69, 9.17) is 81.4 Å². The first kappa shape index (κ1) is 102. The minimum atomic E-state index is -0.392. The molecule has 4 aromatic heterocycles. The summed E-state index contributed by atoms with van der Waals surface area (Å²) in [6.07, 6.45) is 30.4. The molecule has 0 bridgehead atoms. The van der Waals surface area contributed by atoms with Crippen LogP contribution >= 0.6 is 108 Å². The van der Waals surface area contributed by atoms with Crippen molar-refractivity contribution in [3.8, 4) is 71.0 Å². The maximum atomic E-state index is 11.8. The Morgan fingerprint density at radius 3 is 1.12 bits per heavy atom. The van der Waals surface area contributed by atoms with Crippen molar-refractivity contribution in [1.29, 1.82) is 0 Å². The number of aryl methyl sites for hydroxylation is 4. The van der Waals surface area contributed by atoms with Gasteiger partial charge in [0.1, 0.15) is 59.5 Å². The lowest BCUT2D eigenvalue weighted by molar-refractivity contribution is -0.137. The van der Waals surface area contributed by atoms with E-state index in [0.717, 1.165) is 230 Å². The fourth-order valence-electron chi connectivity index (χ4n) is 17.0. The third kappa shape index (κ3) is 31.0. The number of carbonyl (C=O) groups is 5. The van der Waals surface area contributed by atoms with Crippen LogP contribution in [-0.2, 0) is 44.9 Å². The van der Waals surface area contributed by atoms with Crippen LogP contribution in [0.25, 0.3) is 42.3 Å². The summed E-state index contributed by atoms with van der Waals surface area (Å²) in [6.45, 7) is 15.4. The van der Waals surface area contributed by atoms with Gasteiger partial charge in [0.25, 0.3) is 0 Å². The molecule has 20 nitrogen and oxygen atoms in total. The third-order valence-electron chi connectivity index (χ3n) is 24.4. The number of benzene rings is 5. The Bertz CT molecular complexity index is 5020. The summed E-state index contributed by atoms with van der Waals surface area (Å²) in [4.78, 5) is 86.2. The maximum absolute atomic E-state index is 11.8. The van der Waals surface area contributed by atoms with Crippen molar-refractivity contribution in [2.45, 2.75) is 248 Å². The SMILES string of the molecule is CC1CCCN1CCCOc1ccc(-c2nc3c(s2)CCCC3N2CCCCC2)cc1.CC1CCCN1CCCOc1ccc(-c2nc3c(s2)CCCC3O)cc1.NC(=S)c1ccc(OCCCCl)cc1.O=C1CCCC(Br)C1=O.O=C1CCCCC1=O.O=C1CCCc2sc(-c3ccc(OCCCCl)cc3)nc21.OC1CCCc2sc(-c3ccc(OCCCCl)cc3)nc21. The molecule has 0 radical (unpaired) electrons. The maximum Gasteiger partial charge on any atom is 0.211 e. The summed E-state index contributed by atoms with van der Waals surface area (Å²) in [5.41, 5.74) is 14.6. The largest absolute Gasteiger partial charge is 0.494 e. The highest BCUT2D eigenvalue weighted by Crippen LogP contribution is 2.43. The van der Waals surface area contributed by atoms with Crippen LogP contribution < -0.4 is 29.4 Å². The fraction of sp³-hybridized carbons (Fsp3) is 0.525. The van der Waals surface area contributed by atoms with Gasteiger partial charge in [-0.15, -0.1) is 80.1 Å². The zero-order valence-electron chi connectivity index (χ0n) is 75.1. The molecule has 7 heterocycles. The molecule has 5 fully saturated rings. The van der Waals surface area contributed by atoms with Gasteiger partial charge in [0.05, 0.1) is 73.2 Å². The summed E-state index contributed by atoms with van der Waals surface area (Å²) >= 11 is 31.7. The molecule has 6 atom stereocenters. The number of hydrogen-bond donors (Lipinski definition) is 3. The number of thiazole rings is 4. The summed E-state index contributed by atoms with van der Waals surface area (Å²) < 4.78 is 28.5. The second-order valence-electron chi connectivity index (χ2n) is 34.2. The molecule has 5 aromatic carbocycles. The zero-order chi connectivity index (χ0) is 91.5. The van der Waals surface area contributed by atoms with E-state index in [9.17, 15) is 34.2 Å². The molecule has 18 rings (SSSR count). The molecule has 0 spiro atoms. The van der Waals surface area contributed by atoms with Crippen molar-refractivity contribution in [3.05, 3.63) is 169 Å². The normalized spacial score (nSPS) is 20.0. The van der Waals surface area contributed by atoms with E-state index in [0.29, 0.717) is 79.9 Å². The Morgan fingerprint density at radius 1 is 0.400 bits per heavy atom. The summed E-state index contributed by atoms with van der Waals surface area (Å²) in [5.74, 6) is 5.61. The highest BCUT2D eigenvalue weighted by Gasteiger charge is 2.33. The van der Waals surface area contributed by atoms with Crippen LogP contribution in [-0.4, -0.2) is 186 Å². The Hall–Kier alpha value is -6.99. The number of aromatic nitrogens is 4. The van der Waals surface area contributed by atoms with E-state index in [1.54, 1.807) is 34.0 Å². The second-order valence-corrected chi connectivity index (χ2v) is 41.2. The number of nitrogens with two attached hydrogens (primary N) is 1. The number of fused-ring (bicyclic) bond motifs is 4. The number of halogens is 4. The summed E-state index contributed by atoms with van der Waals surface area (Å²) in [5, 5.41) is 24.2. The third-order valence-corrected chi connectivity index (χ3v) is 31.1. The van der Waals surface area contributed by atoms with E-state index >= 15 is 0 Å². The number of ether oxygens (including phenoxy) is 5. The molecule has 4 N–H and O–H groups in total. The number of aliphatic hydroxyl groups excluding tert-OH is 2. The van der Waals surface area contributed by atoms with Gasteiger partial charge in [0.2, 0.25) is 5.78 Å². The lowest BCUT2D eigenvalue weighted by Gasteiger charge is -2.36. The molecule has 2 saturated carbocycles. The number of hydrogen-bond acceptors (Lipinski definition) is 24. The molecule has 3 aliphatic heterocycles. The number of piperidine rings is 1. The monoisotopic (exact) mass is 1990 g/mol. The van der Waals surface area contributed by atoms with Gasteiger partial charge >= 0.3 is 0 Å². The van der Waals surface area contributed by atoms with Crippen molar-refractivity contribution in [2.75, 3.05) is 89.9 Å². The van der Waals surface area contributed by atoms with Gasteiger partial charge in [-0.2, -0.15) is 0 Å². The van der Waals surface area contributed by atoms with Crippen molar-refractivity contribution in [1.82, 2.24) is 34.6 Å². The molecule has 9 aromatic rings. The van der Waals surface area contributed by atoms with Crippen LogP contribution in [0.2, 0.25) is 0 Å². The number of aliphatic hydroxyl groups is 2. The molecule has 3 saturated heterocycles. The van der Waals surface area contributed by atoms with Gasteiger partial charge in [0.15, 0.2) is 23.1 Å². The molecule has 700 valence electrons. The van der Waals surface area contributed by atoms with E-state index < -0.39 is 6.10 Å². The number of ketones is 5. The average Bonchev–Trinajstić information content (AvgIpc) is 1.63. The van der Waals surface area contributed by atoms with Crippen molar-refractivity contribution < 1.29 is 57.9 Å². The van der Waals surface area contributed by atoms with Gasteiger partial charge < -0.3 is 49.4 Å². The van der Waals surface area contributed by atoms with Crippen LogP contribution in [0.4, 0.5) is 0 Å². The van der Waals surface area contributed by atoms with Crippen molar-refractivity contribution >= 4 is 142 Å². The first-order chi connectivity index (χ1) is 63.3. The molecular formula is C101H126BrCl3N8O12S5. The number of nitrogens with zero attached hydrogens (tertiary/aromatic N) is 7. The van der Waals surface area contributed by atoms with Gasteiger partial charge in [-0.25, -0.2) is 19.9 Å². The molecule has 0 amide bonds. The van der Waals surface area contributed by atoms with Crippen LogP contribution in [0, 0.1) is 0 Å². The Kier molecular flexibility index (Phi) is 42.3. The highest BCUT2D eigenvalue weighted by molar-refractivity contribution is 9.10. The lowest BCUT2D eigenvalue weighted by Crippen LogP contribution is -2.35. The molecule has 6 aliphatic carbocycles. The molecule has 130 heavy (non-hydrogen) atoms. The van der Waals surface area contributed by atoms with E-state index in [-0.39, 0.29) is 39.8 Å². The minimum Gasteiger partial charge on any atom is -0.494 e. The number of rotatable bonds is 28. The van der Waals surface area contributed by atoms with Crippen LogP contribution in [0.1, 0.15) is 258 Å². The molecule has 6 unspecified atom stereocenters. The van der Waals surface area contributed by atoms with Gasteiger partial charge in [-0.05, 0) is 328 Å². The summed E-state index contributed by atoms with van der Waals surface area (Å²) in [6, 6.07) is 42.1. The standard InChI is InChI=1S/C26H37N3OS.C21H28N2O2S.C16H18ClNO2S.C16H16ClNO2S.C10H12ClNOS.C6H7BrO2.C6H8O2/c1-20-8-6-17-28(20)18-7-19-30-22-13-11-21(12-14-22)26-27-25-23(9-5-10-24(25)31-26)29-15-3-2-4-16-29;1-15-5-3-12-23(15)13-4-14-25-17-10-8-16(9-11-17)21-22-20-18(24)6-2-7-19(20)26-21;2*17-9-2-10-20-12-7-5-11(6-8-12)16-18-15-13(19)3-1-4-14(15)21-16;11-6-1-7-13-9-4-2-8(3-5-9)10(12)14;7-4-2-1-3-5(8)6(4)9;7-5-3-1-2-4-6(5)8/h11-14,20,23H,2-10,15-19H2,1H3;8-11,15,18,24H,2-7,12-14H2,1H3;5-8,13,19H,1-4,9-10H2;5-8H,1-4,9-10H2;2-5H,1,6-7H2,(H2,12,14);4H,1-3H2;1-4H2. The summed E-state index contributed by atoms with van der Waals surface area (Å²) in [7, 11) is 0. The molecule has 9 aliphatic rings. The van der Waals surface area contributed by atoms with Gasteiger partial charge in [0, 0.05) is 116 Å². The van der Waals surface area contributed by atoms with Crippen molar-refractivity contribution in [2.24, 2.45) is 5.73 Å².